The molecule has 0 saturated heterocycles. The van der Waals surface area contributed by atoms with Gasteiger partial charge in [0.1, 0.15) is 9.84 Å². The third-order valence-corrected chi connectivity index (χ3v) is 3.38. The minimum atomic E-state index is -3.30. The number of H-pyrrole nitrogens is 1. The average molecular weight is 260 g/mol. The zero-order chi connectivity index (χ0) is 13.1. The smallest absolute Gasteiger partial charge is 0.309 e. The molecule has 0 aliphatic carbocycles. The van der Waals surface area contributed by atoms with Gasteiger partial charge in [-0.2, -0.15) is 0 Å². The van der Waals surface area contributed by atoms with Crippen LogP contribution < -0.4 is 4.90 Å². The molecule has 96 valence electrons. The molecule has 0 spiro atoms. The predicted molar refractivity (Wildman–Crippen MR) is 64.9 cm³/mol. The number of aromatic amines is 1. The molecule has 0 bridgehead atoms. The van der Waals surface area contributed by atoms with Gasteiger partial charge in [-0.25, -0.2) is 8.42 Å². The van der Waals surface area contributed by atoms with Crippen LogP contribution in [0.1, 0.15) is 0 Å². The van der Waals surface area contributed by atoms with E-state index in [4.69, 9.17) is 5.11 Å². The van der Waals surface area contributed by atoms with E-state index in [2.05, 4.69) is 4.98 Å². The Morgan fingerprint density at radius 1 is 1.59 bits per heavy atom. The van der Waals surface area contributed by atoms with Crippen molar-refractivity contribution < 1.29 is 18.3 Å². The third kappa shape index (κ3) is 4.48. The summed E-state index contributed by atoms with van der Waals surface area (Å²) in [6, 6.07) is 1.79. The van der Waals surface area contributed by atoms with Crippen molar-refractivity contribution in [2.75, 3.05) is 30.5 Å². The minimum absolute atomic E-state index is 0.153. The van der Waals surface area contributed by atoms with E-state index in [9.17, 15) is 13.2 Å². The van der Waals surface area contributed by atoms with E-state index in [0.717, 1.165) is 11.9 Å². The molecule has 1 aromatic heterocycles. The zero-order valence-electron chi connectivity index (χ0n) is 9.75. The number of anilines is 1. The molecule has 0 saturated carbocycles. The number of hydrogen-bond acceptors (Lipinski definition) is 4. The van der Waals surface area contributed by atoms with Gasteiger partial charge in [0.2, 0.25) is 0 Å². The van der Waals surface area contributed by atoms with E-state index in [1.165, 1.54) is 0 Å². The minimum Gasteiger partial charge on any atom is -0.481 e. The fraction of sp³-hybridized carbons (Fsp3) is 0.500. The molecule has 7 heteroatoms. The summed E-state index contributed by atoms with van der Waals surface area (Å²) in [6.45, 7) is 0.153. The molecule has 1 rings (SSSR count). The molecule has 1 unspecified atom stereocenters. The Hall–Kier alpha value is -1.50. The van der Waals surface area contributed by atoms with E-state index in [-0.39, 0.29) is 12.3 Å². The number of aliphatic carboxylic acids is 1. The van der Waals surface area contributed by atoms with Crippen LogP contribution in [0.4, 0.5) is 5.69 Å². The first-order valence-corrected chi connectivity index (χ1v) is 7.10. The monoisotopic (exact) mass is 260 g/mol. The first-order valence-electron chi connectivity index (χ1n) is 5.04. The topological polar surface area (TPSA) is 90.5 Å². The van der Waals surface area contributed by atoms with Gasteiger partial charge in [-0.1, -0.05) is 0 Å². The maximum absolute atomic E-state index is 11.1. The fourth-order valence-electron chi connectivity index (χ4n) is 1.56. The summed E-state index contributed by atoms with van der Waals surface area (Å²) < 4.78 is 22.3. The number of carbonyl (C=O) groups is 1. The number of carboxylic acid groups (broad SMARTS) is 1. The Labute approximate surface area is 100 Å². The fourth-order valence-corrected chi connectivity index (χ4v) is 2.53. The summed E-state index contributed by atoms with van der Waals surface area (Å²) in [7, 11) is -1.57. The Bertz CT molecular complexity index is 467. The zero-order valence-corrected chi connectivity index (χ0v) is 10.6. The van der Waals surface area contributed by atoms with Gasteiger partial charge in [0.25, 0.3) is 0 Å². The van der Waals surface area contributed by atoms with Crippen molar-refractivity contribution in [1.82, 2.24) is 4.98 Å². The van der Waals surface area contributed by atoms with Crippen LogP contribution in [0, 0.1) is 5.92 Å². The van der Waals surface area contributed by atoms with E-state index in [1.54, 1.807) is 30.4 Å². The largest absolute Gasteiger partial charge is 0.481 e. The van der Waals surface area contributed by atoms with Crippen LogP contribution in [0.15, 0.2) is 18.5 Å². The van der Waals surface area contributed by atoms with Gasteiger partial charge >= 0.3 is 5.97 Å². The van der Waals surface area contributed by atoms with E-state index < -0.39 is 21.7 Å². The maximum Gasteiger partial charge on any atom is 0.309 e. The van der Waals surface area contributed by atoms with Crippen LogP contribution in [-0.2, 0) is 14.6 Å². The lowest BCUT2D eigenvalue weighted by atomic mass is 10.1. The normalized spacial score (nSPS) is 13.3. The lowest BCUT2D eigenvalue weighted by molar-refractivity contribution is -0.140. The van der Waals surface area contributed by atoms with Crippen LogP contribution in [0.2, 0.25) is 0 Å². The summed E-state index contributed by atoms with van der Waals surface area (Å²) in [6.07, 6.45) is 4.48. The quantitative estimate of drug-likeness (QED) is 0.762. The number of sulfone groups is 1. The van der Waals surface area contributed by atoms with Crippen LogP contribution >= 0.6 is 0 Å². The van der Waals surface area contributed by atoms with Crippen LogP contribution in [0.25, 0.3) is 0 Å². The molecule has 0 aliphatic heterocycles. The van der Waals surface area contributed by atoms with E-state index in [0.29, 0.717) is 0 Å². The van der Waals surface area contributed by atoms with Crippen molar-refractivity contribution in [3.8, 4) is 0 Å². The average Bonchev–Trinajstić information content (AvgIpc) is 2.66. The van der Waals surface area contributed by atoms with E-state index >= 15 is 0 Å². The number of aromatic nitrogens is 1. The lowest BCUT2D eigenvalue weighted by Crippen LogP contribution is -2.34. The Morgan fingerprint density at radius 2 is 2.24 bits per heavy atom. The van der Waals surface area contributed by atoms with Crippen LogP contribution in [0.5, 0.6) is 0 Å². The maximum atomic E-state index is 11.1. The van der Waals surface area contributed by atoms with Gasteiger partial charge in [0, 0.05) is 32.2 Å². The van der Waals surface area contributed by atoms with Crippen molar-refractivity contribution in [3.63, 3.8) is 0 Å². The summed E-state index contributed by atoms with van der Waals surface area (Å²) in [5.41, 5.74) is 0.824. The number of hydrogen-bond donors (Lipinski definition) is 2. The number of carboxylic acids is 1. The second-order valence-electron chi connectivity index (χ2n) is 4.08. The van der Waals surface area contributed by atoms with Crippen molar-refractivity contribution in [2.24, 2.45) is 5.92 Å². The lowest BCUT2D eigenvalue weighted by Gasteiger charge is -2.21. The van der Waals surface area contributed by atoms with Crippen LogP contribution in [-0.4, -0.2) is 50.1 Å². The van der Waals surface area contributed by atoms with Gasteiger partial charge in [0.05, 0.1) is 17.4 Å². The van der Waals surface area contributed by atoms with Gasteiger partial charge in [-0.15, -0.1) is 0 Å². The molecule has 6 nitrogen and oxygen atoms in total. The summed E-state index contributed by atoms with van der Waals surface area (Å²) in [5, 5.41) is 8.98. The second kappa shape index (κ2) is 5.22. The van der Waals surface area contributed by atoms with Gasteiger partial charge in [-0.3, -0.25) is 4.79 Å². The number of rotatable bonds is 6. The first kappa shape index (κ1) is 13.6. The van der Waals surface area contributed by atoms with Crippen LogP contribution in [0.3, 0.4) is 0 Å². The van der Waals surface area contributed by atoms with Crippen molar-refractivity contribution in [1.29, 1.82) is 0 Å². The summed E-state index contributed by atoms with van der Waals surface area (Å²) >= 11 is 0. The van der Waals surface area contributed by atoms with Gasteiger partial charge < -0.3 is 15.0 Å². The molecule has 0 aromatic carbocycles. The molecule has 1 aromatic rings. The molecule has 0 amide bonds. The van der Waals surface area contributed by atoms with Crippen molar-refractivity contribution >= 4 is 21.5 Å². The number of nitrogens with one attached hydrogen (secondary N) is 1. The standard InChI is InChI=1S/C10H16N2O4S/c1-12(9-3-4-11-5-9)6-8(10(13)14)7-17(2,15)16/h3-5,8,11H,6-7H2,1-2H3,(H,13,14). The highest BCUT2D eigenvalue weighted by molar-refractivity contribution is 7.90. The van der Waals surface area contributed by atoms with Crippen molar-refractivity contribution in [2.45, 2.75) is 0 Å². The van der Waals surface area contributed by atoms with Crippen molar-refractivity contribution in [3.05, 3.63) is 18.5 Å². The second-order valence-corrected chi connectivity index (χ2v) is 6.26. The summed E-state index contributed by atoms with van der Waals surface area (Å²) in [5.74, 6) is -2.38. The highest BCUT2D eigenvalue weighted by Crippen LogP contribution is 2.13. The molecule has 2 N–H and O–H groups in total. The molecule has 0 radical (unpaired) electrons. The third-order valence-electron chi connectivity index (χ3n) is 2.37. The molecule has 17 heavy (non-hydrogen) atoms. The SMILES string of the molecule is CN(CC(CS(C)(=O)=O)C(=O)O)c1cc[nH]c1. The molecule has 0 fully saturated rings. The highest BCUT2D eigenvalue weighted by atomic mass is 32.2. The number of nitrogens with zero attached hydrogens (tertiary/aromatic N) is 1. The first-order chi connectivity index (χ1) is 7.79. The van der Waals surface area contributed by atoms with Gasteiger partial charge in [-0.05, 0) is 6.07 Å². The van der Waals surface area contributed by atoms with E-state index in [1.807, 2.05) is 0 Å². The Morgan fingerprint density at radius 3 is 2.65 bits per heavy atom. The molecular formula is C10H16N2O4S. The highest BCUT2D eigenvalue weighted by Gasteiger charge is 2.24. The molecular weight excluding hydrogens is 244 g/mol. The molecule has 1 atom stereocenters. The predicted octanol–water partition coefficient (Wildman–Crippen LogP) is 0.196. The Balaban J connectivity index is 2.71. The summed E-state index contributed by atoms with van der Waals surface area (Å²) in [4.78, 5) is 15.5. The molecule has 1 heterocycles. The molecule has 0 aliphatic rings. The Kier molecular flexibility index (Phi) is 4.17. The van der Waals surface area contributed by atoms with Gasteiger partial charge in [0.15, 0.2) is 0 Å².